The fraction of sp³-hybridized carbons (Fsp3) is 0.240. The van der Waals surface area contributed by atoms with Crippen molar-refractivity contribution < 1.29 is 27.4 Å². The molecule has 0 saturated heterocycles. The van der Waals surface area contributed by atoms with Gasteiger partial charge in [-0.05, 0) is 55.7 Å². The van der Waals surface area contributed by atoms with Gasteiger partial charge in [-0.15, -0.1) is 0 Å². The van der Waals surface area contributed by atoms with Gasteiger partial charge in [0.2, 0.25) is 15.7 Å². The van der Waals surface area contributed by atoms with Crippen molar-refractivity contribution in [3.63, 3.8) is 0 Å². The van der Waals surface area contributed by atoms with Crippen LogP contribution in [0.15, 0.2) is 61.8 Å². The van der Waals surface area contributed by atoms with Gasteiger partial charge in [-0.1, -0.05) is 0 Å². The van der Waals surface area contributed by atoms with Gasteiger partial charge in [0, 0.05) is 35.2 Å². The average molecular weight is 494 g/mol. The lowest BCUT2D eigenvalue weighted by molar-refractivity contribution is 0.346. The number of sulfone groups is 1. The largest absolute Gasteiger partial charge is 0.507 e. The molecule has 0 saturated carbocycles. The van der Waals surface area contributed by atoms with E-state index in [1.54, 1.807) is 30.5 Å². The second-order valence-corrected chi connectivity index (χ2v) is 9.97. The quantitative estimate of drug-likeness (QED) is 0.309. The fourth-order valence-electron chi connectivity index (χ4n) is 4.19. The zero-order valence-corrected chi connectivity index (χ0v) is 20.0. The van der Waals surface area contributed by atoms with E-state index >= 15 is 0 Å². The number of hydrogen-bond donors (Lipinski definition) is 1. The Bertz CT molecular complexity index is 1520. The summed E-state index contributed by atoms with van der Waals surface area (Å²) < 4.78 is 42.2. The minimum Gasteiger partial charge on any atom is -0.507 e. The van der Waals surface area contributed by atoms with Crippen molar-refractivity contribution in [1.82, 2.24) is 9.97 Å². The molecule has 4 aromatic rings. The molecule has 1 N–H and O–H groups in total. The van der Waals surface area contributed by atoms with E-state index in [1.165, 1.54) is 32.4 Å². The normalized spacial score (nSPS) is 13.8. The maximum absolute atomic E-state index is 13.1. The summed E-state index contributed by atoms with van der Waals surface area (Å²) in [5, 5.41) is 11.2. The number of phenolic OH excluding ortho intramolecular Hbond substituents is 1. The molecule has 0 unspecified atom stereocenters. The number of methoxy groups -OCH3 is 2. The maximum atomic E-state index is 13.1. The van der Waals surface area contributed by atoms with Crippen LogP contribution in [0, 0.1) is 0 Å². The SMILES string of the molecule is COc1cc(S(=O)(=O)c2ccc(N=Cc3c(O)ccc4oc5c(c34)CCCC5)cc2)nc(OC)n1. The Kier molecular flexibility index (Phi) is 5.89. The summed E-state index contributed by atoms with van der Waals surface area (Å²) in [6, 6.07) is 10.6. The molecule has 0 amide bonds. The van der Waals surface area contributed by atoms with Crippen LogP contribution < -0.4 is 9.47 Å². The zero-order valence-electron chi connectivity index (χ0n) is 19.2. The molecule has 5 rings (SSSR count). The second-order valence-electron chi connectivity index (χ2n) is 8.07. The molecule has 0 atom stereocenters. The standard InChI is InChI=1S/C25H23N3O6S/c1-32-22-13-23(28-25(27-22)33-2)35(30,31)16-9-7-15(8-10-16)26-14-18-19(29)11-12-21-24(18)17-5-3-4-6-20(17)34-21/h7-14,29H,3-6H2,1-2H3. The first-order chi connectivity index (χ1) is 16.9. The number of phenols is 1. The Morgan fingerprint density at radius 3 is 2.54 bits per heavy atom. The number of nitrogens with zero attached hydrogens (tertiary/aromatic N) is 3. The van der Waals surface area contributed by atoms with Gasteiger partial charge in [0.05, 0.1) is 24.8 Å². The summed E-state index contributed by atoms with van der Waals surface area (Å²) in [5.74, 6) is 1.16. The molecule has 1 aliphatic rings. The number of benzene rings is 2. The van der Waals surface area contributed by atoms with Gasteiger partial charge in [-0.3, -0.25) is 4.99 Å². The van der Waals surface area contributed by atoms with Crippen LogP contribution in [0.3, 0.4) is 0 Å². The third-order valence-corrected chi connectivity index (χ3v) is 7.60. The van der Waals surface area contributed by atoms with Gasteiger partial charge in [0.15, 0.2) is 5.03 Å². The Morgan fingerprint density at radius 2 is 1.80 bits per heavy atom. The monoisotopic (exact) mass is 493 g/mol. The average Bonchev–Trinajstić information content (AvgIpc) is 3.27. The highest BCUT2D eigenvalue weighted by Crippen LogP contribution is 2.37. The predicted molar refractivity (Wildman–Crippen MR) is 129 cm³/mol. The van der Waals surface area contributed by atoms with Crippen LogP contribution in [0.25, 0.3) is 11.0 Å². The van der Waals surface area contributed by atoms with Crippen molar-refractivity contribution in [2.45, 2.75) is 35.6 Å². The van der Waals surface area contributed by atoms with E-state index in [9.17, 15) is 13.5 Å². The predicted octanol–water partition coefficient (Wildman–Crippen LogP) is 4.41. The fourth-order valence-corrected chi connectivity index (χ4v) is 5.38. The van der Waals surface area contributed by atoms with Gasteiger partial charge < -0.3 is 19.0 Å². The minimum absolute atomic E-state index is 0.0353. The van der Waals surface area contributed by atoms with Crippen LogP contribution in [0.4, 0.5) is 5.69 Å². The van der Waals surface area contributed by atoms with Gasteiger partial charge >= 0.3 is 6.01 Å². The molecule has 0 radical (unpaired) electrons. The molecule has 1 aliphatic carbocycles. The van der Waals surface area contributed by atoms with Crippen molar-refractivity contribution in [3.05, 3.63) is 59.4 Å². The first kappa shape index (κ1) is 22.9. The van der Waals surface area contributed by atoms with E-state index in [4.69, 9.17) is 13.9 Å². The molecule has 0 fully saturated rings. The van der Waals surface area contributed by atoms with Crippen LogP contribution in [-0.2, 0) is 22.7 Å². The lowest BCUT2D eigenvalue weighted by Crippen LogP contribution is -2.07. The lowest BCUT2D eigenvalue weighted by atomic mass is 9.94. The van der Waals surface area contributed by atoms with Crippen LogP contribution >= 0.6 is 0 Å². The second kappa shape index (κ2) is 9.03. The summed E-state index contributed by atoms with van der Waals surface area (Å²) in [6.07, 6.45) is 5.55. The first-order valence-corrected chi connectivity index (χ1v) is 12.5. The molecule has 10 heteroatoms. The molecule has 2 aromatic heterocycles. The highest BCUT2D eigenvalue weighted by molar-refractivity contribution is 7.91. The van der Waals surface area contributed by atoms with E-state index in [-0.39, 0.29) is 27.6 Å². The smallest absolute Gasteiger partial charge is 0.320 e. The number of aromatic nitrogens is 2. The first-order valence-electron chi connectivity index (χ1n) is 11.0. The highest BCUT2D eigenvalue weighted by Gasteiger charge is 2.23. The van der Waals surface area contributed by atoms with E-state index < -0.39 is 9.84 Å². The molecule has 0 bridgehead atoms. The Morgan fingerprint density at radius 1 is 1.03 bits per heavy atom. The van der Waals surface area contributed by atoms with Crippen LogP contribution in [0.5, 0.6) is 17.6 Å². The van der Waals surface area contributed by atoms with Gasteiger partial charge in [-0.2, -0.15) is 9.97 Å². The Labute approximate surface area is 202 Å². The molecule has 9 nitrogen and oxygen atoms in total. The molecule has 0 aliphatic heterocycles. The van der Waals surface area contributed by atoms with Crippen molar-refractivity contribution >= 4 is 32.7 Å². The van der Waals surface area contributed by atoms with E-state index in [1.807, 2.05) is 0 Å². The third-order valence-electron chi connectivity index (χ3n) is 5.95. The van der Waals surface area contributed by atoms with Crippen LogP contribution in [0.1, 0.15) is 29.7 Å². The molecule has 180 valence electrons. The number of aromatic hydroxyl groups is 1. The number of aryl methyl sites for hydroxylation is 2. The maximum Gasteiger partial charge on any atom is 0.320 e. The number of aliphatic imine (C=N–C) groups is 1. The van der Waals surface area contributed by atoms with Gasteiger partial charge in [0.1, 0.15) is 17.1 Å². The number of hydrogen-bond acceptors (Lipinski definition) is 9. The summed E-state index contributed by atoms with van der Waals surface area (Å²) >= 11 is 0. The molecular weight excluding hydrogens is 470 g/mol. The number of furan rings is 1. The topological polar surface area (TPSA) is 124 Å². The molecule has 0 spiro atoms. The molecule has 2 aromatic carbocycles. The summed E-state index contributed by atoms with van der Waals surface area (Å²) in [6.45, 7) is 0. The minimum atomic E-state index is -3.94. The zero-order chi connectivity index (χ0) is 24.6. The van der Waals surface area contributed by atoms with Crippen molar-refractivity contribution in [3.8, 4) is 17.6 Å². The van der Waals surface area contributed by atoms with Crippen LogP contribution in [0.2, 0.25) is 0 Å². The lowest BCUT2D eigenvalue weighted by Gasteiger charge is -2.10. The summed E-state index contributed by atoms with van der Waals surface area (Å²) in [4.78, 5) is 12.4. The van der Waals surface area contributed by atoms with Crippen LogP contribution in [-0.4, -0.2) is 43.9 Å². The van der Waals surface area contributed by atoms with Crippen molar-refractivity contribution in [2.75, 3.05) is 14.2 Å². The van der Waals surface area contributed by atoms with Gasteiger partial charge in [-0.25, -0.2) is 8.42 Å². The Balaban J connectivity index is 1.47. The van der Waals surface area contributed by atoms with Gasteiger partial charge in [0.25, 0.3) is 0 Å². The third kappa shape index (κ3) is 4.21. The molecule has 2 heterocycles. The summed E-state index contributed by atoms with van der Waals surface area (Å²) in [5.41, 5.74) is 2.97. The Hall–Kier alpha value is -3.92. The van der Waals surface area contributed by atoms with E-state index in [0.29, 0.717) is 11.3 Å². The van der Waals surface area contributed by atoms with E-state index in [0.717, 1.165) is 48.0 Å². The number of ether oxygens (including phenoxy) is 2. The summed E-state index contributed by atoms with van der Waals surface area (Å²) in [7, 11) is -1.22. The van der Waals surface area contributed by atoms with Crippen molar-refractivity contribution in [2.24, 2.45) is 4.99 Å². The molecule has 35 heavy (non-hydrogen) atoms. The molecular formula is C25H23N3O6S. The highest BCUT2D eigenvalue weighted by atomic mass is 32.2. The number of fused-ring (bicyclic) bond motifs is 3. The van der Waals surface area contributed by atoms with E-state index in [2.05, 4.69) is 15.0 Å². The van der Waals surface area contributed by atoms with Crippen molar-refractivity contribution in [1.29, 1.82) is 0 Å². The number of rotatable bonds is 6.